The van der Waals surface area contributed by atoms with Gasteiger partial charge in [-0.3, -0.25) is 4.79 Å². The molecule has 7 heteroatoms. The van der Waals surface area contributed by atoms with Crippen molar-refractivity contribution in [2.45, 2.75) is 53.2 Å². The summed E-state index contributed by atoms with van der Waals surface area (Å²) >= 11 is 1.28. The van der Waals surface area contributed by atoms with E-state index in [-0.39, 0.29) is 12.5 Å². The minimum atomic E-state index is -0.534. The van der Waals surface area contributed by atoms with Gasteiger partial charge in [-0.2, -0.15) is 0 Å². The number of aromatic nitrogens is 1. The minimum absolute atomic E-state index is 0.115. The van der Waals surface area contributed by atoms with Gasteiger partial charge in [0.15, 0.2) is 0 Å². The van der Waals surface area contributed by atoms with Crippen molar-refractivity contribution in [3.05, 3.63) is 15.6 Å². The predicted molar refractivity (Wildman–Crippen MR) is 82.5 cm³/mol. The monoisotopic (exact) mass is 313 g/mol. The van der Waals surface area contributed by atoms with Crippen molar-refractivity contribution >= 4 is 23.3 Å². The van der Waals surface area contributed by atoms with Crippen LogP contribution in [0.4, 0.5) is 4.79 Å². The maximum absolute atomic E-state index is 11.9. The zero-order valence-corrected chi connectivity index (χ0v) is 14.0. The first-order valence-corrected chi connectivity index (χ1v) is 7.76. The molecule has 0 spiro atoms. The van der Waals surface area contributed by atoms with Crippen LogP contribution < -0.4 is 10.6 Å². The number of hydrogen-bond acceptors (Lipinski definition) is 5. The number of ether oxygens (including phenoxy) is 1. The van der Waals surface area contributed by atoms with Gasteiger partial charge >= 0.3 is 6.09 Å². The van der Waals surface area contributed by atoms with Crippen LogP contribution in [0.5, 0.6) is 0 Å². The zero-order valence-electron chi connectivity index (χ0n) is 13.2. The van der Waals surface area contributed by atoms with Gasteiger partial charge in [-0.25, -0.2) is 9.78 Å². The maximum Gasteiger partial charge on any atom is 0.408 e. The third-order valence-corrected chi connectivity index (χ3v) is 3.52. The number of aryl methyl sites for hydroxylation is 1. The summed E-state index contributed by atoms with van der Waals surface area (Å²) in [4.78, 5) is 28.4. The number of thiazole rings is 1. The Hall–Kier alpha value is -1.63. The molecule has 1 heterocycles. The molecule has 1 aromatic rings. The van der Waals surface area contributed by atoms with Gasteiger partial charge in [-0.1, -0.05) is 6.92 Å². The van der Waals surface area contributed by atoms with Crippen molar-refractivity contribution in [3.8, 4) is 0 Å². The molecule has 2 N–H and O–H groups in total. The van der Waals surface area contributed by atoms with Crippen LogP contribution in [0.3, 0.4) is 0 Å². The van der Waals surface area contributed by atoms with E-state index in [1.165, 1.54) is 11.3 Å². The molecule has 2 amide bonds. The molecule has 0 saturated carbocycles. The fraction of sp³-hybridized carbons (Fsp3) is 0.643. The molecule has 1 aromatic heterocycles. The van der Waals surface area contributed by atoms with E-state index in [2.05, 4.69) is 15.6 Å². The number of amides is 2. The van der Waals surface area contributed by atoms with E-state index in [9.17, 15) is 9.59 Å². The SMILES string of the molecule is CCCNC(=O)c1sc(CNC(=O)OC(C)(C)C)nc1C. The molecule has 0 aliphatic rings. The molecular formula is C14H23N3O3S. The first kappa shape index (κ1) is 17.4. The van der Waals surface area contributed by atoms with Crippen LogP contribution in [0.25, 0.3) is 0 Å². The number of carbonyl (C=O) groups is 2. The first-order valence-electron chi connectivity index (χ1n) is 6.94. The summed E-state index contributed by atoms with van der Waals surface area (Å²) < 4.78 is 5.14. The number of rotatable bonds is 5. The third-order valence-electron chi connectivity index (χ3n) is 2.37. The Bertz CT molecular complexity index is 506. The molecule has 0 bridgehead atoms. The molecule has 21 heavy (non-hydrogen) atoms. The van der Waals surface area contributed by atoms with Crippen LogP contribution in [0.15, 0.2) is 0 Å². The first-order chi connectivity index (χ1) is 9.73. The highest BCUT2D eigenvalue weighted by Crippen LogP contribution is 2.18. The number of hydrogen-bond donors (Lipinski definition) is 2. The lowest BCUT2D eigenvalue weighted by Crippen LogP contribution is -2.32. The fourth-order valence-corrected chi connectivity index (χ4v) is 2.44. The van der Waals surface area contributed by atoms with Gasteiger partial charge in [0.05, 0.1) is 12.2 Å². The van der Waals surface area contributed by atoms with Crippen LogP contribution in [-0.2, 0) is 11.3 Å². The van der Waals surface area contributed by atoms with Gasteiger partial charge in [0.25, 0.3) is 5.91 Å². The second-order valence-electron chi connectivity index (χ2n) is 5.63. The van der Waals surface area contributed by atoms with Crippen molar-refractivity contribution in [2.75, 3.05) is 6.54 Å². The van der Waals surface area contributed by atoms with Crippen LogP contribution >= 0.6 is 11.3 Å². The van der Waals surface area contributed by atoms with E-state index in [0.717, 1.165) is 6.42 Å². The summed E-state index contributed by atoms with van der Waals surface area (Å²) in [6.45, 7) is 10.1. The Labute approximate surface area is 129 Å². The van der Waals surface area contributed by atoms with Crippen molar-refractivity contribution in [3.63, 3.8) is 0 Å². The quantitative estimate of drug-likeness (QED) is 0.875. The van der Waals surface area contributed by atoms with Crippen molar-refractivity contribution in [2.24, 2.45) is 0 Å². The average Bonchev–Trinajstić information content (AvgIpc) is 2.73. The number of alkyl carbamates (subject to hydrolysis) is 1. The van der Waals surface area contributed by atoms with Crippen LogP contribution in [0.1, 0.15) is 54.5 Å². The topological polar surface area (TPSA) is 80.3 Å². The van der Waals surface area contributed by atoms with Gasteiger partial charge in [0, 0.05) is 6.54 Å². The standard InChI is InChI=1S/C14H23N3O3S/c1-6-7-15-12(18)11-9(2)17-10(21-11)8-16-13(19)20-14(3,4)5/h6-8H2,1-5H3,(H,15,18)(H,16,19). The van der Waals surface area contributed by atoms with E-state index < -0.39 is 11.7 Å². The molecule has 0 radical (unpaired) electrons. The minimum Gasteiger partial charge on any atom is -0.444 e. The van der Waals surface area contributed by atoms with Gasteiger partial charge in [0.2, 0.25) is 0 Å². The maximum atomic E-state index is 11.9. The predicted octanol–water partition coefficient (Wildman–Crippen LogP) is 2.62. The van der Waals surface area contributed by atoms with Crippen LogP contribution in [0, 0.1) is 6.92 Å². The number of carbonyl (C=O) groups excluding carboxylic acids is 2. The Morgan fingerprint density at radius 3 is 2.52 bits per heavy atom. The highest BCUT2D eigenvalue weighted by atomic mass is 32.1. The Morgan fingerprint density at radius 2 is 1.95 bits per heavy atom. The van der Waals surface area contributed by atoms with E-state index >= 15 is 0 Å². The molecule has 0 fully saturated rings. The smallest absolute Gasteiger partial charge is 0.408 e. The third kappa shape index (κ3) is 6.12. The lowest BCUT2D eigenvalue weighted by molar-refractivity contribution is 0.0523. The van der Waals surface area contributed by atoms with Gasteiger partial charge < -0.3 is 15.4 Å². The molecule has 118 valence electrons. The fourth-order valence-electron chi connectivity index (χ4n) is 1.52. The summed E-state index contributed by atoms with van der Waals surface area (Å²) in [6.07, 6.45) is 0.392. The molecule has 1 rings (SSSR count). The highest BCUT2D eigenvalue weighted by molar-refractivity contribution is 7.13. The Balaban J connectivity index is 2.58. The molecule has 0 aliphatic heterocycles. The summed E-state index contributed by atoms with van der Waals surface area (Å²) in [6, 6.07) is 0. The highest BCUT2D eigenvalue weighted by Gasteiger charge is 2.18. The van der Waals surface area contributed by atoms with E-state index in [1.54, 1.807) is 27.7 Å². The van der Waals surface area contributed by atoms with Crippen molar-refractivity contribution in [1.29, 1.82) is 0 Å². The average molecular weight is 313 g/mol. The lowest BCUT2D eigenvalue weighted by atomic mass is 10.2. The van der Waals surface area contributed by atoms with Crippen LogP contribution in [0.2, 0.25) is 0 Å². The summed E-state index contributed by atoms with van der Waals surface area (Å²) in [7, 11) is 0. The molecule has 0 aromatic carbocycles. The van der Waals surface area contributed by atoms with Crippen molar-refractivity contribution < 1.29 is 14.3 Å². The summed E-state index contributed by atoms with van der Waals surface area (Å²) in [5.74, 6) is -0.115. The van der Waals surface area contributed by atoms with Gasteiger partial charge in [0.1, 0.15) is 15.5 Å². The van der Waals surface area contributed by atoms with E-state index in [0.29, 0.717) is 22.1 Å². The van der Waals surface area contributed by atoms with E-state index in [1.807, 2.05) is 6.92 Å². The number of nitrogens with one attached hydrogen (secondary N) is 2. The summed E-state index contributed by atoms with van der Waals surface area (Å²) in [5.41, 5.74) is 0.142. The largest absolute Gasteiger partial charge is 0.444 e. The molecule has 0 unspecified atom stereocenters. The zero-order chi connectivity index (χ0) is 16.0. The number of nitrogens with zero attached hydrogens (tertiary/aromatic N) is 1. The molecule has 0 saturated heterocycles. The lowest BCUT2D eigenvalue weighted by Gasteiger charge is -2.19. The van der Waals surface area contributed by atoms with E-state index in [4.69, 9.17) is 4.74 Å². The van der Waals surface area contributed by atoms with Crippen LogP contribution in [-0.4, -0.2) is 29.1 Å². The molecule has 0 atom stereocenters. The second kappa shape index (κ2) is 7.40. The second-order valence-corrected chi connectivity index (χ2v) is 6.72. The normalized spacial score (nSPS) is 11.1. The molecule has 0 aliphatic carbocycles. The van der Waals surface area contributed by atoms with Gasteiger partial charge in [-0.05, 0) is 34.1 Å². The Kier molecular flexibility index (Phi) is 6.14. The summed E-state index contributed by atoms with van der Waals surface area (Å²) in [5, 5.41) is 6.13. The molecule has 6 nitrogen and oxygen atoms in total. The van der Waals surface area contributed by atoms with Gasteiger partial charge in [-0.15, -0.1) is 11.3 Å². The van der Waals surface area contributed by atoms with Crippen molar-refractivity contribution in [1.82, 2.24) is 15.6 Å². The molecular weight excluding hydrogens is 290 g/mol. The Morgan fingerprint density at radius 1 is 1.29 bits per heavy atom.